The lowest BCUT2D eigenvalue weighted by atomic mass is 10.2. The molecule has 202 valence electrons. The zero-order valence-corrected chi connectivity index (χ0v) is 23.1. The Morgan fingerprint density at radius 1 is 1.00 bits per heavy atom. The summed E-state index contributed by atoms with van der Waals surface area (Å²) in [4.78, 5) is 27.4. The minimum absolute atomic E-state index is 0.253. The Bertz CT molecular complexity index is 1750. The molecule has 10 nitrogen and oxygen atoms in total. The Morgan fingerprint density at radius 3 is 2.40 bits per heavy atom. The summed E-state index contributed by atoms with van der Waals surface area (Å²) in [5.74, 6) is 0.326. The number of hydrogen-bond donors (Lipinski definition) is 1. The number of aromatic nitrogens is 6. The van der Waals surface area contributed by atoms with Crippen molar-refractivity contribution in [1.29, 1.82) is 0 Å². The van der Waals surface area contributed by atoms with Crippen molar-refractivity contribution in [3.63, 3.8) is 0 Å². The maximum Gasteiger partial charge on any atom is 0.282 e. The van der Waals surface area contributed by atoms with Gasteiger partial charge in [-0.15, -0.1) is 0 Å². The second kappa shape index (κ2) is 10.7. The molecule has 6 rings (SSSR count). The first-order chi connectivity index (χ1) is 19.4. The van der Waals surface area contributed by atoms with Crippen LogP contribution in [0.4, 0.5) is 17.3 Å². The van der Waals surface area contributed by atoms with Crippen LogP contribution >= 0.6 is 23.2 Å². The summed E-state index contributed by atoms with van der Waals surface area (Å²) in [5.41, 5.74) is 3.22. The molecule has 1 fully saturated rings. The van der Waals surface area contributed by atoms with E-state index in [1.54, 1.807) is 41.5 Å². The zero-order valence-electron chi connectivity index (χ0n) is 21.6. The smallest absolute Gasteiger partial charge is 0.282 e. The van der Waals surface area contributed by atoms with Gasteiger partial charge in [0.25, 0.3) is 5.56 Å². The summed E-state index contributed by atoms with van der Waals surface area (Å²) in [6, 6.07) is 13.1. The quantitative estimate of drug-likeness (QED) is 0.305. The molecule has 5 aromatic rings. The molecule has 0 amide bonds. The lowest BCUT2D eigenvalue weighted by Gasteiger charge is -2.34. The number of benzene rings is 2. The van der Waals surface area contributed by atoms with Crippen molar-refractivity contribution in [1.82, 2.24) is 34.4 Å². The first-order valence-corrected chi connectivity index (χ1v) is 13.4. The molecule has 1 aliphatic heterocycles. The van der Waals surface area contributed by atoms with E-state index in [0.29, 0.717) is 22.7 Å². The van der Waals surface area contributed by atoms with Crippen LogP contribution in [0.3, 0.4) is 0 Å². The van der Waals surface area contributed by atoms with Gasteiger partial charge in [-0.05, 0) is 43.4 Å². The lowest BCUT2D eigenvalue weighted by Crippen LogP contribution is -2.44. The van der Waals surface area contributed by atoms with Crippen LogP contribution in [0.15, 0.2) is 72.4 Å². The molecule has 0 saturated carbocycles. The number of likely N-dealkylation sites (N-methyl/N-ethyl adjacent to an activating group) is 1. The lowest BCUT2D eigenvalue weighted by molar-refractivity contribution is 0.313. The van der Waals surface area contributed by atoms with E-state index in [1.807, 2.05) is 12.1 Å². The number of fused-ring (bicyclic) bond motifs is 1. The predicted molar refractivity (Wildman–Crippen MR) is 160 cm³/mol. The molecule has 0 radical (unpaired) electrons. The van der Waals surface area contributed by atoms with Crippen LogP contribution in [0.5, 0.6) is 0 Å². The van der Waals surface area contributed by atoms with Crippen molar-refractivity contribution in [3.8, 4) is 16.9 Å². The topological polar surface area (TPSA) is 97.0 Å². The van der Waals surface area contributed by atoms with Gasteiger partial charge in [0.1, 0.15) is 16.9 Å². The van der Waals surface area contributed by atoms with Gasteiger partial charge in [-0.1, -0.05) is 35.8 Å². The summed E-state index contributed by atoms with van der Waals surface area (Å²) in [7, 11) is 2.14. The average molecular weight is 574 g/mol. The molecular formula is C28H25Cl2N9O. The Morgan fingerprint density at radius 2 is 1.73 bits per heavy atom. The molecule has 3 aromatic heterocycles. The molecule has 2 aromatic carbocycles. The summed E-state index contributed by atoms with van der Waals surface area (Å²) >= 11 is 12.9. The van der Waals surface area contributed by atoms with E-state index in [4.69, 9.17) is 28.2 Å². The standard InChI is InChI=1S/C28H25Cl2N9O/c1-3-38-17-18(15-32-38)24-25-21(27(40)39(35-24)26-22(29)5-4-6-23(26)30)16-31-28(34-25)33-19-7-9-20(10-8-19)37-13-11-36(2)12-14-37/h3-10,15-17H,1,11-14H2,2H3,(H,31,33,34). The molecule has 1 aliphatic rings. The van der Waals surface area contributed by atoms with Crippen LogP contribution in [0.2, 0.25) is 10.0 Å². The number of nitrogens with one attached hydrogen (secondary N) is 1. The number of para-hydroxylation sites is 1. The summed E-state index contributed by atoms with van der Waals surface area (Å²) in [6.45, 7) is 7.81. The van der Waals surface area contributed by atoms with E-state index in [-0.39, 0.29) is 21.1 Å². The number of hydrogen-bond acceptors (Lipinski definition) is 8. The van der Waals surface area contributed by atoms with Crippen molar-refractivity contribution < 1.29 is 0 Å². The average Bonchev–Trinajstić information content (AvgIpc) is 3.44. The molecule has 12 heteroatoms. The summed E-state index contributed by atoms with van der Waals surface area (Å²) < 4.78 is 2.73. The Balaban J connectivity index is 1.41. The third-order valence-electron chi connectivity index (χ3n) is 6.84. The number of piperazine rings is 1. The highest BCUT2D eigenvalue weighted by molar-refractivity contribution is 6.37. The van der Waals surface area contributed by atoms with E-state index in [2.05, 4.69) is 56.1 Å². The maximum absolute atomic E-state index is 13.6. The van der Waals surface area contributed by atoms with Crippen LogP contribution in [-0.2, 0) is 0 Å². The number of nitrogens with zero attached hydrogens (tertiary/aromatic N) is 8. The zero-order chi connectivity index (χ0) is 27.8. The van der Waals surface area contributed by atoms with Crippen molar-refractivity contribution in [3.05, 3.63) is 88.0 Å². The minimum atomic E-state index is -0.451. The normalized spacial score (nSPS) is 14.0. The van der Waals surface area contributed by atoms with E-state index in [9.17, 15) is 4.79 Å². The van der Waals surface area contributed by atoms with Gasteiger partial charge in [0, 0.05) is 61.7 Å². The first kappa shape index (κ1) is 26.0. The highest BCUT2D eigenvalue weighted by Crippen LogP contribution is 2.30. The summed E-state index contributed by atoms with van der Waals surface area (Å²) in [6.07, 6.45) is 6.40. The highest BCUT2D eigenvalue weighted by atomic mass is 35.5. The fourth-order valence-electron chi connectivity index (χ4n) is 4.63. The predicted octanol–water partition coefficient (Wildman–Crippen LogP) is 4.94. The van der Waals surface area contributed by atoms with Gasteiger partial charge < -0.3 is 15.1 Å². The highest BCUT2D eigenvalue weighted by Gasteiger charge is 2.20. The van der Waals surface area contributed by atoms with Crippen LogP contribution in [0.1, 0.15) is 0 Å². The van der Waals surface area contributed by atoms with E-state index >= 15 is 0 Å². The van der Waals surface area contributed by atoms with Gasteiger partial charge in [0.05, 0.1) is 21.6 Å². The molecule has 1 N–H and O–H groups in total. The van der Waals surface area contributed by atoms with Crippen LogP contribution < -0.4 is 15.8 Å². The van der Waals surface area contributed by atoms with E-state index in [0.717, 1.165) is 31.9 Å². The molecule has 40 heavy (non-hydrogen) atoms. The van der Waals surface area contributed by atoms with Crippen molar-refractivity contribution in [2.45, 2.75) is 0 Å². The molecule has 4 heterocycles. The van der Waals surface area contributed by atoms with Gasteiger partial charge in [-0.25, -0.2) is 14.6 Å². The number of anilines is 3. The molecule has 1 saturated heterocycles. The molecule has 0 spiro atoms. The molecule has 0 atom stereocenters. The van der Waals surface area contributed by atoms with Gasteiger partial charge >= 0.3 is 0 Å². The molecular weight excluding hydrogens is 549 g/mol. The largest absolute Gasteiger partial charge is 0.369 e. The number of halogens is 2. The Hall–Kier alpha value is -4.25. The SMILES string of the molecule is C=Cn1cc(-c2nn(-c3c(Cl)cccc3Cl)c(=O)c3cnc(Nc4ccc(N5CCN(C)CC5)cc4)nc23)cn1. The van der Waals surface area contributed by atoms with Gasteiger partial charge in [-0.2, -0.15) is 14.9 Å². The summed E-state index contributed by atoms with van der Waals surface area (Å²) in [5, 5.41) is 13.0. The first-order valence-electron chi connectivity index (χ1n) is 12.6. The third-order valence-corrected chi connectivity index (χ3v) is 7.45. The minimum Gasteiger partial charge on any atom is -0.369 e. The molecule has 0 bridgehead atoms. The van der Waals surface area contributed by atoms with Crippen LogP contribution in [-0.4, -0.2) is 67.7 Å². The van der Waals surface area contributed by atoms with Gasteiger partial charge in [0.15, 0.2) is 0 Å². The fourth-order valence-corrected chi connectivity index (χ4v) is 5.19. The van der Waals surface area contributed by atoms with Crippen LogP contribution in [0, 0.1) is 0 Å². The Kier molecular flexibility index (Phi) is 6.97. The van der Waals surface area contributed by atoms with E-state index in [1.165, 1.54) is 16.6 Å². The van der Waals surface area contributed by atoms with E-state index < -0.39 is 5.56 Å². The van der Waals surface area contributed by atoms with Crippen LogP contribution in [0.25, 0.3) is 34.0 Å². The van der Waals surface area contributed by atoms with Crippen molar-refractivity contribution >= 4 is 57.6 Å². The molecule has 0 unspecified atom stereocenters. The second-order valence-electron chi connectivity index (χ2n) is 9.45. The number of rotatable bonds is 6. The van der Waals surface area contributed by atoms with Crippen molar-refractivity contribution in [2.24, 2.45) is 0 Å². The second-order valence-corrected chi connectivity index (χ2v) is 10.3. The molecule has 0 aliphatic carbocycles. The van der Waals surface area contributed by atoms with Gasteiger partial charge in [-0.3, -0.25) is 4.79 Å². The Labute approximate surface area is 240 Å². The fraction of sp³-hybridized carbons (Fsp3) is 0.179. The maximum atomic E-state index is 13.6. The monoisotopic (exact) mass is 573 g/mol. The third kappa shape index (κ3) is 4.92. The van der Waals surface area contributed by atoms with Gasteiger partial charge in [0.2, 0.25) is 5.95 Å². The van der Waals surface area contributed by atoms with Crippen molar-refractivity contribution in [2.75, 3.05) is 43.4 Å².